The van der Waals surface area contributed by atoms with Gasteiger partial charge in [-0.2, -0.15) is 0 Å². The maximum absolute atomic E-state index is 5.85. The van der Waals surface area contributed by atoms with E-state index in [1.165, 1.54) is 0 Å². The first-order chi connectivity index (χ1) is 6.70. The van der Waals surface area contributed by atoms with Crippen LogP contribution in [0.15, 0.2) is 24.3 Å². The Morgan fingerprint density at radius 2 is 2.21 bits per heavy atom. The fourth-order valence-corrected chi connectivity index (χ4v) is 1.70. The highest BCUT2D eigenvalue weighted by Crippen LogP contribution is 2.26. The molecule has 1 unspecified atom stereocenters. The van der Waals surface area contributed by atoms with Crippen LogP contribution >= 0.6 is 0 Å². The zero-order valence-electron chi connectivity index (χ0n) is 8.42. The van der Waals surface area contributed by atoms with Crippen LogP contribution in [0, 0.1) is 0 Å². The molecule has 76 valence electrons. The van der Waals surface area contributed by atoms with Gasteiger partial charge in [0.15, 0.2) is 0 Å². The van der Waals surface area contributed by atoms with Crippen LogP contribution in [0.3, 0.4) is 0 Å². The second-order valence-electron chi connectivity index (χ2n) is 4.08. The molecule has 1 aliphatic heterocycles. The third-order valence-corrected chi connectivity index (χ3v) is 2.62. The molecule has 3 nitrogen and oxygen atoms in total. The number of hydrogen-bond donors (Lipinski definition) is 2. The molecule has 3 N–H and O–H groups in total. The molecule has 14 heavy (non-hydrogen) atoms. The lowest BCUT2D eigenvalue weighted by molar-refractivity contribution is 0.185. The molecular weight excluding hydrogens is 176 g/mol. The van der Waals surface area contributed by atoms with Crippen LogP contribution in [0.5, 0.6) is 0 Å². The molecule has 0 aromatic heterocycles. The van der Waals surface area contributed by atoms with Crippen molar-refractivity contribution < 1.29 is 4.74 Å². The fourth-order valence-electron chi connectivity index (χ4n) is 1.70. The molecule has 0 spiro atoms. The smallest absolute Gasteiger partial charge is 0.0694 e. The third-order valence-electron chi connectivity index (χ3n) is 2.62. The van der Waals surface area contributed by atoms with Crippen LogP contribution in [-0.2, 0) is 4.74 Å². The van der Waals surface area contributed by atoms with Gasteiger partial charge in [-0.1, -0.05) is 12.1 Å². The number of nitrogen functional groups attached to an aromatic ring is 1. The number of anilines is 2. The molecule has 1 saturated heterocycles. The molecule has 1 aliphatic rings. The first-order valence-electron chi connectivity index (χ1n) is 4.90. The number of nitrogens with one attached hydrogen (secondary N) is 1. The minimum absolute atomic E-state index is 0.0372. The lowest BCUT2D eigenvalue weighted by Crippen LogP contribution is -2.35. The predicted molar refractivity (Wildman–Crippen MR) is 58.3 cm³/mol. The van der Waals surface area contributed by atoms with Gasteiger partial charge in [0, 0.05) is 6.61 Å². The van der Waals surface area contributed by atoms with Gasteiger partial charge in [-0.15, -0.1) is 0 Å². The molecule has 0 radical (unpaired) electrons. The zero-order chi connectivity index (χ0) is 10.0. The Kier molecular flexibility index (Phi) is 2.33. The average molecular weight is 192 g/mol. The number of nitrogens with two attached hydrogens (primary N) is 1. The Hall–Kier alpha value is -1.22. The summed E-state index contributed by atoms with van der Waals surface area (Å²) < 4.78 is 5.37. The second-order valence-corrected chi connectivity index (χ2v) is 4.08. The zero-order valence-corrected chi connectivity index (χ0v) is 8.42. The van der Waals surface area contributed by atoms with E-state index in [2.05, 4.69) is 12.2 Å². The third kappa shape index (κ3) is 1.82. The van der Waals surface area contributed by atoms with E-state index in [0.717, 1.165) is 31.0 Å². The first kappa shape index (κ1) is 9.34. The van der Waals surface area contributed by atoms with Gasteiger partial charge in [0.05, 0.1) is 23.5 Å². The molecule has 3 heteroatoms. The Bertz CT molecular complexity index is 319. The molecule has 1 fully saturated rings. The van der Waals surface area contributed by atoms with Crippen molar-refractivity contribution >= 4 is 11.4 Å². The van der Waals surface area contributed by atoms with E-state index >= 15 is 0 Å². The van der Waals surface area contributed by atoms with E-state index in [4.69, 9.17) is 10.5 Å². The van der Waals surface area contributed by atoms with E-state index < -0.39 is 0 Å². The summed E-state index contributed by atoms with van der Waals surface area (Å²) in [6.45, 7) is 3.74. The van der Waals surface area contributed by atoms with Crippen molar-refractivity contribution in [3.05, 3.63) is 24.3 Å². The van der Waals surface area contributed by atoms with E-state index in [1.807, 2.05) is 24.3 Å². The predicted octanol–water partition coefficient (Wildman–Crippen LogP) is 1.86. The summed E-state index contributed by atoms with van der Waals surface area (Å²) in [4.78, 5) is 0. The largest absolute Gasteiger partial charge is 0.397 e. The van der Waals surface area contributed by atoms with Gasteiger partial charge >= 0.3 is 0 Å². The molecule has 0 saturated carbocycles. The van der Waals surface area contributed by atoms with Crippen molar-refractivity contribution in [1.29, 1.82) is 0 Å². The molecule has 1 atom stereocenters. The second kappa shape index (κ2) is 3.50. The van der Waals surface area contributed by atoms with Gasteiger partial charge in [0.25, 0.3) is 0 Å². The van der Waals surface area contributed by atoms with Crippen molar-refractivity contribution in [3.63, 3.8) is 0 Å². The maximum atomic E-state index is 5.85. The summed E-state index contributed by atoms with van der Waals surface area (Å²) in [5, 5.41) is 3.44. The van der Waals surface area contributed by atoms with Crippen molar-refractivity contribution in [3.8, 4) is 0 Å². The average Bonchev–Trinajstić information content (AvgIpc) is 2.57. The first-order valence-corrected chi connectivity index (χ1v) is 4.90. The highest BCUT2D eigenvalue weighted by molar-refractivity contribution is 5.66. The summed E-state index contributed by atoms with van der Waals surface area (Å²) >= 11 is 0. The minimum atomic E-state index is 0.0372. The standard InChI is InChI=1S/C11H16N2O/c1-11(6-7-14-8-11)13-10-5-3-2-4-9(10)12/h2-5,13H,6-8,12H2,1H3. The van der Waals surface area contributed by atoms with Gasteiger partial charge < -0.3 is 15.8 Å². The normalized spacial score (nSPS) is 26.4. The molecule has 1 aromatic carbocycles. The molecule has 0 aliphatic carbocycles. The number of benzene rings is 1. The van der Waals surface area contributed by atoms with E-state index in [0.29, 0.717) is 0 Å². The lowest BCUT2D eigenvalue weighted by atomic mass is 10.0. The highest BCUT2D eigenvalue weighted by atomic mass is 16.5. The highest BCUT2D eigenvalue weighted by Gasteiger charge is 2.29. The molecule has 2 rings (SSSR count). The summed E-state index contributed by atoms with van der Waals surface area (Å²) in [5.41, 5.74) is 7.68. The molecule has 0 amide bonds. The summed E-state index contributed by atoms with van der Waals surface area (Å²) in [6, 6.07) is 7.83. The van der Waals surface area contributed by atoms with Crippen molar-refractivity contribution in [2.75, 3.05) is 24.3 Å². The van der Waals surface area contributed by atoms with Crippen LogP contribution in [0.2, 0.25) is 0 Å². The number of ether oxygens (including phenoxy) is 1. The van der Waals surface area contributed by atoms with E-state index in [1.54, 1.807) is 0 Å². The fraction of sp³-hybridized carbons (Fsp3) is 0.455. The monoisotopic (exact) mass is 192 g/mol. The quantitative estimate of drug-likeness (QED) is 0.703. The van der Waals surface area contributed by atoms with Crippen LogP contribution < -0.4 is 11.1 Å². The SMILES string of the molecule is CC1(Nc2ccccc2N)CCOC1. The van der Waals surface area contributed by atoms with Gasteiger partial charge in [0.1, 0.15) is 0 Å². The molecule has 1 heterocycles. The molecule has 1 aromatic rings. The minimum Gasteiger partial charge on any atom is -0.397 e. The van der Waals surface area contributed by atoms with Gasteiger partial charge in [-0.3, -0.25) is 0 Å². The number of rotatable bonds is 2. The Morgan fingerprint density at radius 3 is 2.86 bits per heavy atom. The van der Waals surface area contributed by atoms with Crippen LogP contribution in [0.25, 0.3) is 0 Å². The summed E-state index contributed by atoms with van der Waals surface area (Å²) in [5.74, 6) is 0. The van der Waals surface area contributed by atoms with Crippen LogP contribution in [0.4, 0.5) is 11.4 Å². The Morgan fingerprint density at radius 1 is 1.43 bits per heavy atom. The maximum Gasteiger partial charge on any atom is 0.0694 e. The van der Waals surface area contributed by atoms with Gasteiger partial charge in [-0.25, -0.2) is 0 Å². The Labute approximate surface area is 84.3 Å². The molecule has 0 bridgehead atoms. The van der Waals surface area contributed by atoms with Crippen LogP contribution in [0.1, 0.15) is 13.3 Å². The van der Waals surface area contributed by atoms with Gasteiger partial charge in [0.2, 0.25) is 0 Å². The van der Waals surface area contributed by atoms with E-state index in [-0.39, 0.29) is 5.54 Å². The van der Waals surface area contributed by atoms with Crippen molar-refractivity contribution in [2.24, 2.45) is 0 Å². The summed E-state index contributed by atoms with van der Waals surface area (Å²) in [6.07, 6.45) is 1.03. The van der Waals surface area contributed by atoms with E-state index in [9.17, 15) is 0 Å². The number of hydrogen-bond acceptors (Lipinski definition) is 3. The van der Waals surface area contributed by atoms with Crippen molar-refractivity contribution in [1.82, 2.24) is 0 Å². The van der Waals surface area contributed by atoms with Gasteiger partial charge in [-0.05, 0) is 25.5 Å². The van der Waals surface area contributed by atoms with Crippen molar-refractivity contribution in [2.45, 2.75) is 18.9 Å². The molecular formula is C11H16N2O. The number of para-hydroxylation sites is 2. The lowest BCUT2D eigenvalue weighted by Gasteiger charge is -2.25. The van der Waals surface area contributed by atoms with Crippen LogP contribution in [-0.4, -0.2) is 18.8 Å². The topological polar surface area (TPSA) is 47.3 Å². The summed E-state index contributed by atoms with van der Waals surface area (Å²) in [7, 11) is 0. The Balaban J connectivity index is 2.14.